The molecule has 43 heavy (non-hydrogen) atoms. The fraction of sp³-hybridized carbons (Fsp3) is 0.481. The fourth-order valence-electron chi connectivity index (χ4n) is 4.84. The van der Waals surface area contributed by atoms with Gasteiger partial charge in [0.1, 0.15) is 24.1 Å². The number of anilines is 1. The van der Waals surface area contributed by atoms with Gasteiger partial charge in [0.15, 0.2) is 0 Å². The molecule has 1 heterocycles. The second kappa shape index (κ2) is 14.5. The van der Waals surface area contributed by atoms with E-state index in [4.69, 9.17) is 0 Å². The normalized spacial score (nSPS) is 16.9. The lowest BCUT2D eigenvalue weighted by Crippen LogP contribution is -2.49. The van der Waals surface area contributed by atoms with Crippen LogP contribution < -0.4 is 16.0 Å². The number of aromatic nitrogens is 2. The SMILES string of the molecule is CCn1nccc1C(=O)NC(C(=O)Nc1ccc(C(CC(F)F)C(=O)NCC(F)(F)F)cc1F)C1CCC(=C(F)F)CC1. The van der Waals surface area contributed by atoms with Gasteiger partial charge in [0, 0.05) is 19.2 Å². The van der Waals surface area contributed by atoms with Gasteiger partial charge in [-0.15, -0.1) is 0 Å². The van der Waals surface area contributed by atoms with Gasteiger partial charge in [-0.3, -0.25) is 19.1 Å². The van der Waals surface area contributed by atoms with Crippen LogP contribution in [-0.2, 0) is 16.1 Å². The first-order valence-corrected chi connectivity index (χ1v) is 13.3. The van der Waals surface area contributed by atoms with Gasteiger partial charge in [-0.1, -0.05) is 6.07 Å². The summed E-state index contributed by atoms with van der Waals surface area (Å²) in [7, 11) is 0. The van der Waals surface area contributed by atoms with Gasteiger partial charge >= 0.3 is 6.18 Å². The Labute approximate surface area is 240 Å². The predicted molar refractivity (Wildman–Crippen MR) is 138 cm³/mol. The van der Waals surface area contributed by atoms with Crippen LogP contribution in [-0.4, -0.2) is 52.7 Å². The maximum Gasteiger partial charge on any atom is 0.405 e. The Morgan fingerprint density at radius 3 is 2.30 bits per heavy atom. The molecule has 16 heteroatoms. The summed E-state index contributed by atoms with van der Waals surface area (Å²) in [6.45, 7) is 0.288. The molecule has 0 spiro atoms. The lowest BCUT2D eigenvalue weighted by Gasteiger charge is -2.31. The van der Waals surface area contributed by atoms with Gasteiger partial charge in [0.05, 0.1) is 11.6 Å². The number of hydrogen-bond donors (Lipinski definition) is 3. The highest BCUT2D eigenvalue weighted by Crippen LogP contribution is 2.34. The molecule has 2 aromatic rings. The minimum atomic E-state index is -4.80. The number of allylic oxidation sites excluding steroid dienone is 1. The number of carbonyl (C=O) groups excluding carboxylic acids is 3. The van der Waals surface area contributed by atoms with E-state index >= 15 is 4.39 Å². The van der Waals surface area contributed by atoms with E-state index in [0.717, 1.165) is 12.1 Å². The summed E-state index contributed by atoms with van der Waals surface area (Å²) < 4.78 is 106. The van der Waals surface area contributed by atoms with Crippen LogP contribution in [0.25, 0.3) is 0 Å². The highest BCUT2D eigenvalue weighted by Gasteiger charge is 2.35. The number of benzene rings is 1. The largest absolute Gasteiger partial charge is 0.405 e. The van der Waals surface area contributed by atoms with Crippen molar-refractivity contribution in [3.05, 3.63) is 59.2 Å². The van der Waals surface area contributed by atoms with Crippen molar-refractivity contribution in [1.82, 2.24) is 20.4 Å². The van der Waals surface area contributed by atoms with Crippen molar-refractivity contribution < 1.29 is 49.5 Å². The van der Waals surface area contributed by atoms with Crippen molar-refractivity contribution in [3.8, 4) is 0 Å². The van der Waals surface area contributed by atoms with Gasteiger partial charge in [0.25, 0.3) is 12.0 Å². The van der Waals surface area contributed by atoms with Crippen LogP contribution in [0, 0.1) is 11.7 Å². The lowest BCUT2D eigenvalue weighted by molar-refractivity contribution is -0.139. The van der Waals surface area contributed by atoms with E-state index in [0.29, 0.717) is 12.6 Å². The Morgan fingerprint density at radius 1 is 1.07 bits per heavy atom. The molecule has 3 amide bonds. The van der Waals surface area contributed by atoms with Crippen LogP contribution >= 0.6 is 0 Å². The standard InChI is InChI=1S/C27H29F8N5O3/c1-2-40-20(9-10-37-40)25(42)39-22(14-3-5-15(6-4-14)23(31)32)26(43)38-19-8-7-16(11-18(19)28)17(12-21(29)30)24(41)36-13-27(33,34)35/h7-11,14,17,21-22H,2-6,12-13H2,1H3,(H,36,41)(H,38,43)(H,39,42). The monoisotopic (exact) mass is 623 g/mol. The Morgan fingerprint density at radius 2 is 1.74 bits per heavy atom. The molecule has 0 saturated heterocycles. The molecule has 2 unspecified atom stereocenters. The van der Waals surface area contributed by atoms with Crippen LogP contribution in [0.2, 0.25) is 0 Å². The first kappa shape index (κ1) is 33.5. The van der Waals surface area contributed by atoms with Gasteiger partial charge in [0.2, 0.25) is 18.2 Å². The molecule has 3 N–H and O–H groups in total. The molecule has 0 aliphatic heterocycles. The Balaban J connectivity index is 1.83. The first-order chi connectivity index (χ1) is 20.2. The zero-order valence-electron chi connectivity index (χ0n) is 22.8. The summed E-state index contributed by atoms with van der Waals surface area (Å²) in [5, 5.41) is 10.4. The van der Waals surface area contributed by atoms with Gasteiger partial charge in [-0.25, -0.2) is 13.2 Å². The minimum Gasteiger partial charge on any atom is -0.346 e. The number of alkyl halides is 5. The zero-order valence-corrected chi connectivity index (χ0v) is 22.8. The third-order valence-corrected chi connectivity index (χ3v) is 7.04. The van der Waals surface area contributed by atoms with E-state index < -0.39 is 78.8 Å². The van der Waals surface area contributed by atoms with Crippen molar-refractivity contribution >= 4 is 23.4 Å². The summed E-state index contributed by atoms with van der Waals surface area (Å²) in [4.78, 5) is 38.6. The van der Waals surface area contributed by atoms with Gasteiger partial charge in [-0.2, -0.15) is 27.1 Å². The average Bonchev–Trinajstić information content (AvgIpc) is 3.43. The first-order valence-electron chi connectivity index (χ1n) is 13.3. The molecule has 3 rings (SSSR count). The van der Waals surface area contributed by atoms with Crippen LogP contribution in [0.5, 0.6) is 0 Å². The number of nitrogens with zero attached hydrogens (tertiary/aromatic N) is 2. The van der Waals surface area contributed by atoms with Gasteiger partial charge in [-0.05, 0) is 67.9 Å². The predicted octanol–water partition coefficient (Wildman–Crippen LogP) is 5.54. The molecular weight excluding hydrogens is 594 g/mol. The molecule has 8 nitrogen and oxygen atoms in total. The molecule has 1 saturated carbocycles. The van der Waals surface area contributed by atoms with E-state index in [9.17, 15) is 45.1 Å². The van der Waals surface area contributed by atoms with Crippen molar-refractivity contribution in [2.45, 2.75) is 70.1 Å². The summed E-state index contributed by atoms with van der Waals surface area (Å²) in [6, 6.07) is 2.71. The number of aryl methyl sites for hydroxylation is 1. The molecule has 1 aliphatic carbocycles. The van der Waals surface area contributed by atoms with Crippen molar-refractivity contribution in [3.63, 3.8) is 0 Å². The fourth-order valence-corrected chi connectivity index (χ4v) is 4.84. The molecule has 2 atom stereocenters. The summed E-state index contributed by atoms with van der Waals surface area (Å²) >= 11 is 0. The molecule has 1 aromatic carbocycles. The van der Waals surface area contributed by atoms with Crippen LogP contribution in [0.15, 0.2) is 42.1 Å². The van der Waals surface area contributed by atoms with E-state index in [1.807, 2.05) is 0 Å². The summed E-state index contributed by atoms with van der Waals surface area (Å²) in [5.74, 6) is -6.59. The number of nitrogens with one attached hydrogen (secondary N) is 3. The third kappa shape index (κ3) is 9.25. The topological polar surface area (TPSA) is 105 Å². The smallest absolute Gasteiger partial charge is 0.346 e. The number of halogens is 8. The van der Waals surface area contributed by atoms with Crippen LogP contribution in [0.1, 0.15) is 61.0 Å². The number of rotatable bonds is 11. The second-order valence-electron chi connectivity index (χ2n) is 9.93. The van der Waals surface area contributed by atoms with Crippen molar-refractivity contribution in [2.75, 3.05) is 11.9 Å². The molecule has 0 radical (unpaired) electrons. The molecule has 0 bridgehead atoms. The number of carbonyl (C=O) groups is 3. The quantitative estimate of drug-likeness (QED) is 0.286. The minimum absolute atomic E-state index is 0.0233. The average molecular weight is 624 g/mol. The maximum absolute atomic E-state index is 15.1. The zero-order chi connectivity index (χ0) is 31.9. The third-order valence-electron chi connectivity index (χ3n) is 7.04. The summed E-state index contributed by atoms with van der Waals surface area (Å²) in [6.07, 6.45) is -9.35. The lowest BCUT2D eigenvalue weighted by atomic mass is 9.81. The van der Waals surface area contributed by atoms with Crippen LogP contribution in [0.3, 0.4) is 0 Å². The Bertz CT molecular complexity index is 1330. The maximum atomic E-state index is 15.1. The van der Waals surface area contributed by atoms with Gasteiger partial charge < -0.3 is 16.0 Å². The van der Waals surface area contributed by atoms with Crippen molar-refractivity contribution in [1.29, 1.82) is 0 Å². The second-order valence-corrected chi connectivity index (χ2v) is 9.93. The molecule has 1 aliphatic rings. The molecule has 236 valence electrons. The van der Waals surface area contributed by atoms with Crippen LogP contribution in [0.4, 0.5) is 40.8 Å². The summed E-state index contributed by atoms with van der Waals surface area (Å²) in [5.41, 5.74) is -0.766. The Kier molecular flexibility index (Phi) is 11.3. The highest BCUT2D eigenvalue weighted by atomic mass is 19.4. The van der Waals surface area contributed by atoms with E-state index in [1.54, 1.807) is 6.92 Å². The molecule has 1 fully saturated rings. The number of hydrogen-bond acceptors (Lipinski definition) is 4. The Hall–Kier alpha value is -3.98. The van der Waals surface area contributed by atoms with E-state index in [1.165, 1.54) is 22.3 Å². The molecular formula is C27H29F8N5O3. The molecule has 1 aromatic heterocycles. The van der Waals surface area contributed by atoms with E-state index in [2.05, 4.69) is 15.7 Å². The highest BCUT2D eigenvalue weighted by molar-refractivity contribution is 6.00. The van der Waals surface area contributed by atoms with Crippen molar-refractivity contribution in [2.24, 2.45) is 5.92 Å². The number of amides is 3. The van der Waals surface area contributed by atoms with E-state index in [-0.39, 0.29) is 42.5 Å².